The van der Waals surface area contributed by atoms with E-state index in [1.165, 1.54) is 10.6 Å². The molecule has 0 radical (unpaired) electrons. The Morgan fingerprint density at radius 2 is 2.12 bits per heavy atom. The summed E-state index contributed by atoms with van der Waals surface area (Å²) in [6, 6.07) is 2.17. The second-order valence-electron chi connectivity index (χ2n) is 8.28. The SMILES string of the molecule is Cc1ncc(CN2CCCc3nc(NC(=O)CC(C)(C)C)c(C)cc32)s1. The molecule has 1 aliphatic rings. The number of carbonyl (C=O) groups excluding carboxylic acids is 1. The number of nitrogens with zero attached hydrogens (tertiary/aromatic N) is 3. The van der Waals surface area contributed by atoms with Gasteiger partial charge in [0.1, 0.15) is 5.82 Å². The van der Waals surface area contributed by atoms with Crippen molar-refractivity contribution in [3.63, 3.8) is 0 Å². The molecule has 0 bridgehead atoms. The highest BCUT2D eigenvalue weighted by Gasteiger charge is 2.22. The number of aromatic nitrogens is 2. The zero-order chi connectivity index (χ0) is 18.9. The molecule has 0 aromatic carbocycles. The van der Waals surface area contributed by atoms with Crippen LogP contribution in [0.25, 0.3) is 0 Å². The Bertz CT molecular complexity index is 807. The van der Waals surface area contributed by atoms with Gasteiger partial charge in [-0.05, 0) is 43.7 Å². The second-order valence-corrected chi connectivity index (χ2v) is 9.60. The van der Waals surface area contributed by atoms with E-state index in [1.54, 1.807) is 11.3 Å². The minimum atomic E-state index is -0.0319. The number of hydrogen-bond donors (Lipinski definition) is 1. The lowest BCUT2D eigenvalue weighted by atomic mass is 9.92. The molecule has 2 aromatic rings. The van der Waals surface area contributed by atoms with Crippen LogP contribution in [0.3, 0.4) is 0 Å². The van der Waals surface area contributed by atoms with Crippen molar-refractivity contribution in [1.82, 2.24) is 9.97 Å². The molecule has 1 N–H and O–H groups in total. The molecule has 0 fully saturated rings. The minimum Gasteiger partial charge on any atom is -0.365 e. The first-order chi connectivity index (χ1) is 12.2. The van der Waals surface area contributed by atoms with E-state index in [0.29, 0.717) is 12.2 Å². The maximum Gasteiger partial charge on any atom is 0.226 e. The molecular formula is C20H28N4OS. The number of pyridine rings is 1. The van der Waals surface area contributed by atoms with Gasteiger partial charge in [-0.1, -0.05) is 20.8 Å². The average molecular weight is 373 g/mol. The fourth-order valence-electron chi connectivity index (χ4n) is 3.27. The Labute approximate surface area is 159 Å². The predicted octanol–water partition coefficient (Wildman–Crippen LogP) is 4.48. The Hall–Kier alpha value is -1.95. The monoisotopic (exact) mass is 372 g/mol. The van der Waals surface area contributed by atoms with E-state index in [-0.39, 0.29) is 11.3 Å². The summed E-state index contributed by atoms with van der Waals surface area (Å²) in [5, 5.41) is 4.11. The molecule has 0 spiro atoms. The molecule has 5 nitrogen and oxygen atoms in total. The van der Waals surface area contributed by atoms with E-state index in [9.17, 15) is 4.79 Å². The molecule has 1 amide bonds. The van der Waals surface area contributed by atoms with E-state index in [1.807, 2.05) is 20.0 Å². The van der Waals surface area contributed by atoms with Crippen molar-refractivity contribution < 1.29 is 4.79 Å². The Kier molecular flexibility index (Phi) is 5.32. The Morgan fingerprint density at radius 1 is 1.35 bits per heavy atom. The van der Waals surface area contributed by atoms with Crippen LogP contribution in [0.4, 0.5) is 11.5 Å². The van der Waals surface area contributed by atoms with E-state index in [2.05, 4.69) is 42.0 Å². The van der Waals surface area contributed by atoms with Crippen molar-refractivity contribution in [2.24, 2.45) is 5.41 Å². The quantitative estimate of drug-likeness (QED) is 0.859. The van der Waals surface area contributed by atoms with Gasteiger partial charge in [0.25, 0.3) is 0 Å². The number of thiazole rings is 1. The number of nitrogens with one attached hydrogen (secondary N) is 1. The summed E-state index contributed by atoms with van der Waals surface area (Å²) in [7, 11) is 0. The third-order valence-electron chi connectivity index (χ3n) is 4.42. The molecule has 0 saturated carbocycles. The van der Waals surface area contributed by atoms with Crippen molar-refractivity contribution in [3.05, 3.63) is 33.4 Å². The highest BCUT2D eigenvalue weighted by molar-refractivity contribution is 7.11. The predicted molar refractivity (Wildman–Crippen MR) is 108 cm³/mol. The van der Waals surface area contributed by atoms with Crippen LogP contribution in [0.5, 0.6) is 0 Å². The van der Waals surface area contributed by atoms with Crippen LogP contribution in [0.2, 0.25) is 0 Å². The van der Waals surface area contributed by atoms with Crippen LogP contribution in [-0.2, 0) is 17.8 Å². The van der Waals surface area contributed by atoms with Gasteiger partial charge in [0, 0.05) is 24.0 Å². The van der Waals surface area contributed by atoms with E-state index >= 15 is 0 Å². The van der Waals surface area contributed by atoms with Gasteiger partial charge < -0.3 is 10.2 Å². The van der Waals surface area contributed by atoms with Gasteiger partial charge >= 0.3 is 0 Å². The molecule has 140 valence electrons. The fraction of sp³-hybridized carbons (Fsp3) is 0.550. The van der Waals surface area contributed by atoms with Gasteiger partial charge in [-0.15, -0.1) is 11.3 Å². The zero-order valence-corrected chi connectivity index (χ0v) is 17.2. The maximum atomic E-state index is 12.3. The number of amides is 1. The molecule has 6 heteroatoms. The molecule has 3 heterocycles. The second kappa shape index (κ2) is 7.35. The smallest absolute Gasteiger partial charge is 0.226 e. The first kappa shape index (κ1) is 18.8. The molecule has 0 aliphatic carbocycles. The highest BCUT2D eigenvalue weighted by atomic mass is 32.1. The summed E-state index contributed by atoms with van der Waals surface area (Å²) in [4.78, 5) is 25.1. The normalized spacial score (nSPS) is 14.3. The van der Waals surface area contributed by atoms with Gasteiger partial charge in [0.15, 0.2) is 0 Å². The van der Waals surface area contributed by atoms with Crippen molar-refractivity contribution >= 4 is 28.7 Å². The van der Waals surface area contributed by atoms with Gasteiger partial charge in [-0.25, -0.2) is 9.97 Å². The van der Waals surface area contributed by atoms with Gasteiger partial charge in [-0.3, -0.25) is 4.79 Å². The Morgan fingerprint density at radius 3 is 2.77 bits per heavy atom. The van der Waals surface area contributed by atoms with Crippen LogP contribution in [0.15, 0.2) is 12.3 Å². The van der Waals surface area contributed by atoms with Crippen LogP contribution >= 0.6 is 11.3 Å². The largest absolute Gasteiger partial charge is 0.365 e. The molecule has 1 aliphatic heterocycles. The summed E-state index contributed by atoms with van der Waals surface area (Å²) < 4.78 is 0. The van der Waals surface area contributed by atoms with E-state index < -0.39 is 0 Å². The average Bonchev–Trinajstić information content (AvgIpc) is 2.92. The summed E-state index contributed by atoms with van der Waals surface area (Å²) in [6.07, 6.45) is 4.49. The summed E-state index contributed by atoms with van der Waals surface area (Å²) in [6.45, 7) is 12.2. The van der Waals surface area contributed by atoms with Crippen molar-refractivity contribution in [2.45, 2.75) is 60.4 Å². The van der Waals surface area contributed by atoms with Crippen LogP contribution in [0, 0.1) is 19.3 Å². The van der Waals surface area contributed by atoms with E-state index in [0.717, 1.165) is 42.2 Å². The molecule has 3 rings (SSSR count). The van der Waals surface area contributed by atoms with Crippen molar-refractivity contribution in [2.75, 3.05) is 16.8 Å². The van der Waals surface area contributed by atoms with E-state index in [4.69, 9.17) is 4.98 Å². The van der Waals surface area contributed by atoms with Crippen molar-refractivity contribution in [1.29, 1.82) is 0 Å². The first-order valence-corrected chi connectivity index (χ1v) is 9.99. The molecular weight excluding hydrogens is 344 g/mol. The van der Waals surface area contributed by atoms with Gasteiger partial charge in [0.05, 0.1) is 22.9 Å². The molecule has 0 unspecified atom stereocenters. The first-order valence-electron chi connectivity index (χ1n) is 9.18. The summed E-state index contributed by atoms with van der Waals surface area (Å²) >= 11 is 1.75. The molecule has 0 saturated heterocycles. The zero-order valence-electron chi connectivity index (χ0n) is 16.3. The maximum absolute atomic E-state index is 12.3. The van der Waals surface area contributed by atoms with Crippen LogP contribution in [0.1, 0.15) is 54.8 Å². The van der Waals surface area contributed by atoms with Gasteiger partial charge in [0.2, 0.25) is 5.91 Å². The number of hydrogen-bond acceptors (Lipinski definition) is 5. The van der Waals surface area contributed by atoms with Crippen LogP contribution < -0.4 is 10.2 Å². The molecule has 0 atom stereocenters. The lowest BCUT2D eigenvalue weighted by molar-refractivity contribution is -0.117. The molecule has 2 aromatic heterocycles. The fourth-order valence-corrected chi connectivity index (χ4v) is 4.08. The van der Waals surface area contributed by atoms with Gasteiger partial charge in [-0.2, -0.15) is 0 Å². The lowest BCUT2D eigenvalue weighted by Gasteiger charge is -2.31. The standard InChI is InChI=1S/C20H28N4OS/c1-13-9-17-16(22-19(13)23-18(25)10-20(3,4)5)7-6-8-24(17)12-15-11-21-14(2)26-15/h9,11H,6-8,10,12H2,1-5H3,(H,22,23,25). The number of carbonyl (C=O) groups is 1. The summed E-state index contributed by atoms with van der Waals surface area (Å²) in [5.41, 5.74) is 3.25. The lowest BCUT2D eigenvalue weighted by Crippen LogP contribution is -2.30. The highest BCUT2D eigenvalue weighted by Crippen LogP contribution is 2.31. The number of aryl methyl sites for hydroxylation is 3. The number of anilines is 2. The molecule has 26 heavy (non-hydrogen) atoms. The summed E-state index contributed by atoms with van der Waals surface area (Å²) in [5.74, 6) is 0.731. The van der Waals surface area contributed by atoms with Crippen LogP contribution in [-0.4, -0.2) is 22.4 Å². The number of rotatable bonds is 4. The third-order valence-corrected chi connectivity index (χ3v) is 5.31. The topological polar surface area (TPSA) is 58.1 Å². The Balaban J connectivity index is 1.79. The number of fused-ring (bicyclic) bond motifs is 1. The minimum absolute atomic E-state index is 0.0286. The third kappa shape index (κ3) is 4.61. The van der Waals surface area contributed by atoms with Crippen molar-refractivity contribution in [3.8, 4) is 0 Å².